The first-order valence-electron chi connectivity index (χ1n) is 4.89. The fourth-order valence-electron chi connectivity index (χ4n) is 1.17. The number of carbonyl (C=O) groups excluding carboxylic acids is 2. The summed E-state index contributed by atoms with van der Waals surface area (Å²) in [5, 5.41) is 9.21. The molecule has 1 N–H and O–H groups in total. The first-order valence-corrected chi connectivity index (χ1v) is 6.02. The highest BCUT2D eigenvalue weighted by atomic mass is 35.5. The average molecular weight is 312 g/mol. The predicted octanol–water partition coefficient (Wildman–Crippen LogP) is 3.10. The quantitative estimate of drug-likeness (QED) is 0.688. The van der Waals surface area contributed by atoms with E-state index in [4.69, 9.17) is 39.9 Å². The SMILES string of the molecule is C[C@@H](O)CC(=O)OC(=O)c1c(Cl)cc(Cl)cc1Cl. The minimum atomic E-state index is -0.979. The maximum Gasteiger partial charge on any atom is 0.348 e. The second kappa shape index (κ2) is 6.38. The highest BCUT2D eigenvalue weighted by Crippen LogP contribution is 2.29. The van der Waals surface area contributed by atoms with Crippen molar-refractivity contribution in [2.24, 2.45) is 0 Å². The van der Waals surface area contributed by atoms with Crippen molar-refractivity contribution >= 4 is 46.7 Å². The van der Waals surface area contributed by atoms with Crippen molar-refractivity contribution in [3.63, 3.8) is 0 Å². The van der Waals surface area contributed by atoms with E-state index in [1.54, 1.807) is 0 Å². The Hall–Kier alpha value is -0.810. The summed E-state index contributed by atoms with van der Waals surface area (Å²) in [6.45, 7) is 1.40. The fourth-order valence-corrected chi connectivity index (χ4v) is 2.15. The standard InChI is InChI=1S/C11H9Cl3O4/c1-5(15)2-9(16)18-11(17)10-7(13)3-6(12)4-8(10)14/h3-5,15H,2H2,1H3/t5-/m1/s1. The molecule has 1 aromatic rings. The molecule has 0 aliphatic heterocycles. The summed E-state index contributed by atoms with van der Waals surface area (Å²) in [4.78, 5) is 22.9. The third-order valence-electron chi connectivity index (χ3n) is 1.88. The molecule has 1 atom stereocenters. The summed E-state index contributed by atoms with van der Waals surface area (Å²) in [5.41, 5.74) is -0.137. The lowest BCUT2D eigenvalue weighted by Crippen LogP contribution is -2.17. The number of carbonyl (C=O) groups is 2. The van der Waals surface area contributed by atoms with Crippen molar-refractivity contribution in [2.75, 3.05) is 0 Å². The van der Waals surface area contributed by atoms with Gasteiger partial charge in [-0.05, 0) is 19.1 Å². The van der Waals surface area contributed by atoms with Crippen LogP contribution in [-0.4, -0.2) is 23.1 Å². The van der Waals surface area contributed by atoms with Crippen LogP contribution in [0.15, 0.2) is 12.1 Å². The van der Waals surface area contributed by atoms with Gasteiger partial charge in [-0.25, -0.2) is 4.79 Å². The van der Waals surface area contributed by atoms with Gasteiger partial charge >= 0.3 is 11.9 Å². The molecule has 98 valence electrons. The van der Waals surface area contributed by atoms with Crippen molar-refractivity contribution in [1.82, 2.24) is 0 Å². The van der Waals surface area contributed by atoms with Crippen LogP contribution in [0, 0.1) is 0 Å². The number of halogens is 3. The Morgan fingerprint density at radius 3 is 2.22 bits per heavy atom. The predicted molar refractivity (Wildman–Crippen MR) is 68.2 cm³/mol. The van der Waals surface area contributed by atoms with E-state index in [0.29, 0.717) is 0 Å². The van der Waals surface area contributed by atoms with Crippen LogP contribution >= 0.6 is 34.8 Å². The molecule has 0 radical (unpaired) electrons. The van der Waals surface area contributed by atoms with Crippen molar-refractivity contribution < 1.29 is 19.4 Å². The summed E-state index contributed by atoms with van der Waals surface area (Å²) < 4.78 is 4.50. The number of benzene rings is 1. The Kier molecular flexibility index (Phi) is 5.41. The van der Waals surface area contributed by atoms with Crippen molar-refractivity contribution in [2.45, 2.75) is 19.4 Å². The summed E-state index contributed by atoms with van der Waals surface area (Å²) in [7, 11) is 0. The maximum atomic E-state index is 11.7. The molecule has 0 saturated carbocycles. The number of hydrogen-bond acceptors (Lipinski definition) is 4. The van der Waals surface area contributed by atoms with Crippen LogP contribution in [0.3, 0.4) is 0 Å². The van der Waals surface area contributed by atoms with E-state index >= 15 is 0 Å². The highest BCUT2D eigenvalue weighted by Gasteiger charge is 2.21. The van der Waals surface area contributed by atoms with Gasteiger partial charge in [-0.1, -0.05) is 34.8 Å². The van der Waals surface area contributed by atoms with Crippen LogP contribution in [0.5, 0.6) is 0 Å². The molecule has 18 heavy (non-hydrogen) atoms. The van der Waals surface area contributed by atoms with Crippen molar-refractivity contribution in [1.29, 1.82) is 0 Å². The monoisotopic (exact) mass is 310 g/mol. The third-order valence-corrected chi connectivity index (χ3v) is 2.69. The first kappa shape index (κ1) is 15.2. The number of rotatable bonds is 3. The molecule has 0 aromatic heterocycles. The molecular formula is C11H9Cl3O4. The minimum absolute atomic E-state index is 0.0117. The molecule has 1 aromatic carbocycles. The molecule has 7 heteroatoms. The van der Waals surface area contributed by atoms with Gasteiger partial charge in [0.2, 0.25) is 0 Å². The number of aliphatic hydroxyl groups excluding tert-OH is 1. The van der Waals surface area contributed by atoms with E-state index in [0.717, 1.165) is 0 Å². The Labute approximate surface area is 118 Å². The molecule has 1 rings (SSSR count). The first-order chi connectivity index (χ1) is 8.31. The molecular weight excluding hydrogens is 302 g/mol. The van der Waals surface area contributed by atoms with Crippen LogP contribution in [0.25, 0.3) is 0 Å². The topological polar surface area (TPSA) is 63.6 Å². The maximum absolute atomic E-state index is 11.7. The van der Waals surface area contributed by atoms with E-state index < -0.39 is 18.0 Å². The van der Waals surface area contributed by atoms with Gasteiger partial charge in [-0.3, -0.25) is 4.79 Å². The number of hydrogen-bond donors (Lipinski definition) is 1. The number of aliphatic hydroxyl groups is 1. The van der Waals surface area contributed by atoms with Gasteiger partial charge in [-0.2, -0.15) is 0 Å². The molecule has 0 bridgehead atoms. The largest absolute Gasteiger partial charge is 0.393 e. The van der Waals surface area contributed by atoms with Gasteiger partial charge in [0.15, 0.2) is 0 Å². The Morgan fingerprint density at radius 1 is 1.28 bits per heavy atom. The van der Waals surface area contributed by atoms with Crippen LogP contribution in [0.1, 0.15) is 23.7 Å². The van der Waals surface area contributed by atoms with Crippen molar-refractivity contribution in [3.05, 3.63) is 32.8 Å². The van der Waals surface area contributed by atoms with Gasteiger partial charge in [-0.15, -0.1) is 0 Å². The molecule has 4 nitrogen and oxygen atoms in total. The van der Waals surface area contributed by atoms with E-state index in [-0.39, 0.29) is 27.1 Å². The van der Waals surface area contributed by atoms with E-state index in [9.17, 15) is 9.59 Å². The molecule has 0 amide bonds. The second-order valence-electron chi connectivity index (χ2n) is 3.56. The van der Waals surface area contributed by atoms with E-state index in [2.05, 4.69) is 4.74 Å². The fraction of sp³-hybridized carbons (Fsp3) is 0.273. The number of esters is 2. The van der Waals surface area contributed by atoms with Crippen LogP contribution < -0.4 is 0 Å². The zero-order valence-corrected chi connectivity index (χ0v) is 11.5. The summed E-state index contributed by atoms with van der Waals surface area (Å²) >= 11 is 17.3. The third kappa shape index (κ3) is 4.14. The van der Waals surface area contributed by atoms with Gasteiger partial charge in [0, 0.05) is 5.02 Å². The van der Waals surface area contributed by atoms with E-state index in [1.807, 2.05) is 0 Å². The Bertz CT molecular complexity index is 462. The van der Waals surface area contributed by atoms with Crippen LogP contribution in [0.4, 0.5) is 0 Å². The lowest BCUT2D eigenvalue weighted by Gasteiger charge is -2.07. The molecule has 0 saturated heterocycles. The zero-order chi connectivity index (χ0) is 13.9. The lowest BCUT2D eigenvalue weighted by molar-refractivity contribution is -0.139. The highest BCUT2D eigenvalue weighted by molar-refractivity contribution is 6.42. The second-order valence-corrected chi connectivity index (χ2v) is 4.81. The molecule has 0 aliphatic rings. The summed E-state index contributed by atoms with van der Waals surface area (Å²) in [5.74, 6) is -1.84. The Balaban J connectivity index is 2.88. The summed E-state index contributed by atoms with van der Waals surface area (Å²) in [6, 6.07) is 2.62. The van der Waals surface area contributed by atoms with Gasteiger partial charge < -0.3 is 9.84 Å². The van der Waals surface area contributed by atoms with Gasteiger partial charge in [0.05, 0.1) is 28.1 Å². The van der Waals surface area contributed by atoms with Crippen LogP contribution in [-0.2, 0) is 9.53 Å². The number of ether oxygens (including phenoxy) is 1. The molecule has 0 unspecified atom stereocenters. The molecule has 0 heterocycles. The van der Waals surface area contributed by atoms with E-state index in [1.165, 1.54) is 19.1 Å². The molecule has 0 aliphatic carbocycles. The van der Waals surface area contributed by atoms with Gasteiger partial charge in [0.1, 0.15) is 0 Å². The lowest BCUT2D eigenvalue weighted by atomic mass is 10.2. The minimum Gasteiger partial charge on any atom is -0.393 e. The smallest absolute Gasteiger partial charge is 0.348 e. The normalized spacial score (nSPS) is 12.1. The summed E-state index contributed by atoms with van der Waals surface area (Å²) in [6.07, 6.45) is -1.20. The molecule has 0 spiro atoms. The van der Waals surface area contributed by atoms with Gasteiger partial charge in [0.25, 0.3) is 0 Å². The Morgan fingerprint density at radius 2 is 1.78 bits per heavy atom. The van der Waals surface area contributed by atoms with Crippen LogP contribution in [0.2, 0.25) is 15.1 Å². The molecule has 0 fully saturated rings. The zero-order valence-electron chi connectivity index (χ0n) is 9.25. The average Bonchev–Trinajstić information content (AvgIpc) is 2.12. The van der Waals surface area contributed by atoms with Crippen molar-refractivity contribution in [3.8, 4) is 0 Å².